The minimum absolute atomic E-state index is 0.309. The number of carbonyl (C=O) groups excluding carboxylic acids is 1. The molecule has 0 aliphatic heterocycles. The molecule has 0 bridgehead atoms. The third-order valence-corrected chi connectivity index (χ3v) is 3.60. The van der Waals surface area contributed by atoms with Gasteiger partial charge in [-0.3, -0.25) is 10.1 Å². The second kappa shape index (κ2) is 5.94. The number of nitrogens with zero attached hydrogens (tertiary/aromatic N) is 3. The molecule has 19 heavy (non-hydrogen) atoms. The Labute approximate surface area is 119 Å². The van der Waals surface area contributed by atoms with Gasteiger partial charge in [-0.15, -0.1) is 10.2 Å². The van der Waals surface area contributed by atoms with Gasteiger partial charge >= 0.3 is 0 Å². The summed E-state index contributed by atoms with van der Waals surface area (Å²) in [5, 5.41) is 15.0. The quantitative estimate of drug-likeness (QED) is 0.906. The lowest BCUT2D eigenvalue weighted by Crippen LogP contribution is -2.12. The van der Waals surface area contributed by atoms with Crippen LogP contribution in [0.5, 0.6) is 0 Å². The van der Waals surface area contributed by atoms with E-state index >= 15 is 0 Å². The molecule has 0 aliphatic rings. The zero-order valence-electron chi connectivity index (χ0n) is 10.4. The zero-order valence-corrected chi connectivity index (χ0v) is 12.0. The number of amides is 1. The van der Waals surface area contributed by atoms with Crippen molar-refractivity contribution in [3.8, 4) is 0 Å². The van der Waals surface area contributed by atoms with Gasteiger partial charge in [0, 0.05) is 13.2 Å². The number of nitrogens with one attached hydrogen (secondary N) is 2. The van der Waals surface area contributed by atoms with Crippen LogP contribution in [0.25, 0.3) is 0 Å². The van der Waals surface area contributed by atoms with Crippen molar-refractivity contribution < 1.29 is 4.79 Å². The number of aryl methyl sites for hydroxylation is 1. The van der Waals surface area contributed by atoms with E-state index in [0.29, 0.717) is 21.5 Å². The number of hydrogen-bond acceptors (Lipinski definition) is 6. The highest BCUT2D eigenvalue weighted by Crippen LogP contribution is 2.21. The van der Waals surface area contributed by atoms with Crippen LogP contribution in [-0.4, -0.2) is 28.1 Å². The molecule has 100 valence electrons. The molecule has 8 heteroatoms. The van der Waals surface area contributed by atoms with E-state index in [1.807, 2.05) is 6.92 Å². The fourth-order valence-corrected chi connectivity index (χ4v) is 2.30. The largest absolute Gasteiger partial charge is 0.372 e. The van der Waals surface area contributed by atoms with Gasteiger partial charge in [-0.2, -0.15) is 0 Å². The maximum atomic E-state index is 12.0. The lowest BCUT2D eigenvalue weighted by atomic mass is 10.2. The summed E-state index contributed by atoms with van der Waals surface area (Å²) in [5.74, 6) is 0.221. The molecule has 6 nitrogen and oxygen atoms in total. The zero-order chi connectivity index (χ0) is 13.8. The molecule has 0 radical (unpaired) electrons. The lowest BCUT2D eigenvalue weighted by molar-refractivity contribution is 0.102. The van der Waals surface area contributed by atoms with E-state index in [4.69, 9.17) is 11.6 Å². The molecule has 2 heterocycles. The highest BCUT2D eigenvalue weighted by molar-refractivity contribution is 7.15. The molecule has 0 aliphatic carbocycles. The first-order valence-corrected chi connectivity index (χ1v) is 6.80. The monoisotopic (exact) mass is 297 g/mol. The first-order chi connectivity index (χ1) is 9.13. The lowest BCUT2D eigenvalue weighted by Gasteiger charge is -2.04. The first kappa shape index (κ1) is 13.7. The summed E-state index contributed by atoms with van der Waals surface area (Å²) in [4.78, 5) is 16.0. The third kappa shape index (κ3) is 3.18. The average Bonchev–Trinajstić information content (AvgIpc) is 2.86. The maximum absolute atomic E-state index is 12.0. The minimum Gasteiger partial charge on any atom is -0.372 e. The van der Waals surface area contributed by atoms with Crippen molar-refractivity contribution in [2.24, 2.45) is 0 Å². The topological polar surface area (TPSA) is 79.8 Å². The molecule has 2 aromatic rings. The second-order valence-electron chi connectivity index (χ2n) is 3.61. The molecule has 0 spiro atoms. The molecule has 2 rings (SSSR count). The second-order valence-corrected chi connectivity index (χ2v) is 5.08. The number of rotatable bonds is 4. The van der Waals surface area contributed by atoms with Gasteiger partial charge in [-0.1, -0.05) is 29.9 Å². The van der Waals surface area contributed by atoms with Gasteiger partial charge in [-0.05, 0) is 12.5 Å². The molecule has 0 saturated carbocycles. The summed E-state index contributed by atoms with van der Waals surface area (Å²) in [7, 11) is 1.71. The Morgan fingerprint density at radius 3 is 2.84 bits per heavy atom. The van der Waals surface area contributed by atoms with Crippen LogP contribution >= 0.6 is 22.9 Å². The van der Waals surface area contributed by atoms with Crippen LogP contribution in [0.4, 0.5) is 10.9 Å². The van der Waals surface area contributed by atoms with Crippen molar-refractivity contribution in [2.75, 3.05) is 17.7 Å². The van der Waals surface area contributed by atoms with E-state index in [-0.39, 0.29) is 5.91 Å². The molecule has 2 N–H and O–H groups in total. The van der Waals surface area contributed by atoms with Crippen molar-refractivity contribution in [3.05, 3.63) is 27.9 Å². The Morgan fingerprint density at radius 1 is 1.47 bits per heavy atom. The Bertz CT molecular complexity index is 601. The Kier molecular flexibility index (Phi) is 4.28. The fourth-order valence-electron chi connectivity index (χ4n) is 1.36. The maximum Gasteiger partial charge on any atom is 0.259 e. The van der Waals surface area contributed by atoms with Gasteiger partial charge in [0.05, 0.1) is 10.6 Å². The number of hydrogen-bond donors (Lipinski definition) is 2. The predicted octanol–water partition coefficient (Wildman–Crippen LogP) is 2.44. The molecular formula is C11H12ClN5OS. The number of pyridine rings is 1. The summed E-state index contributed by atoms with van der Waals surface area (Å²) >= 11 is 7.32. The van der Waals surface area contributed by atoms with Gasteiger partial charge < -0.3 is 5.32 Å². The molecule has 0 aromatic carbocycles. The molecule has 0 atom stereocenters. The molecule has 0 fully saturated rings. The van der Waals surface area contributed by atoms with Crippen molar-refractivity contribution >= 4 is 39.8 Å². The summed E-state index contributed by atoms with van der Waals surface area (Å²) in [6, 6.07) is 1.55. The van der Waals surface area contributed by atoms with Crippen LogP contribution in [-0.2, 0) is 6.42 Å². The third-order valence-electron chi connectivity index (χ3n) is 2.33. The van der Waals surface area contributed by atoms with Crippen LogP contribution in [0.2, 0.25) is 5.02 Å². The average molecular weight is 298 g/mol. The Morgan fingerprint density at radius 2 is 2.26 bits per heavy atom. The van der Waals surface area contributed by atoms with E-state index in [1.54, 1.807) is 13.1 Å². The van der Waals surface area contributed by atoms with Crippen LogP contribution in [0.3, 0.4) is 0 Å². The van der Waals surface area contributed by atoms with Crippen molar-refractivity contribution in [1.82, 2.24) is 15.2 Å². The van der Waals surface area contributed by atoms with Crippen molar-refractivity contribution in [3.63, 3.8) is 0 Å². The van der Waals surface area contributed by atoms with Gasteiger partial charge in [0.15, 0.2) is 0 Å². The highest BCUT2D eigenvalue weighted by atomic mass is 35.5. The van der Waals surface area contributed by atoms with Gasteiger partial charge in [0.1, 0.15) is 10.8 Å². The fraction of sp³-hybridized carbons (Fsp3) is 0.273. The van der Waals surface area contributed by atoms with E-state index < -0.39 is 0 Å². The Balaban J connectivity index is 2.13. The van der Waals surface area contributed by atoms with E-state index in [2.05, 4.69) is 25.8 Å². The summed E-state index contributed by atoms with van der Waals surface area (Å²) in [6.07, 6.45) is 2.24. The van der Waals surface area contributed by atoms with Crippen molar-refractivity contribution in [2.45, 2.75) is 13.3 Å². The molecule has 1 amide bonds. The minimum atomic E-state index is -0.309. The van der Waals surface area contributed by atoms with Crippen molar-refractivity contribution in [1.29, 1.82) is 0 Å². The molecule has 0 unspecified atom stereocenters. The molecular weight excluding hydrogens is 286 g/mol. The molecule has 0 saturated heterocycles. The highest BCUT2D eigenvalue weighted by Gasteiger charge is 2.12. The van der Waals surface area contributed by atoms with Crippen LogP contribution in [0, 0.1) is 0 Å². The number of anilines is 2. The molecule has 2 aromatic heterocycles. The van der Waals surface area contributed by atoms with E-state index in [0.717, 1.165) is 11.4 Å². The normalized spacial score (nSPS) is 10.3. The van der Waals surface area contributed by atoms with E-state index in [9.17, 15) is 4.79 Å². The summed E-state index contributed by atoms with van der Waals surface area (Å²) in [5.41, 5.74) is 0.372. The van der Waals surface area contributed by atoms with Crippen LogP contribution in [0.1, 0.15) is 22.3 Å². The van der Waals surface area contributed by atoms with Crippen LogP contribution < -0.4 is 10.6 Å². The van der Waals surface area contributed by atoms with Gasteiger partial charge in [-0.25, -0.2) is 4.98 Å². The smallest absolute Gasteiger partial charge is 0.259 e. The summed E-state index contributed by atoms with van der Waals surface area (Å²) < 4.78 is 0. The van der Waals surface area contributed by atoms with E-state index in [1.165, 1.54) is 17.5 Å². The summed E-state index contributed by atoms with van der Waals surface area (Å²) in [6.45, 7) is 1.98. The standard InChI is InChI=1S/C11H12ClN5OS/c1-3-8-16-17-11(19-8)15-10(18)6-4-7(12)9(13-2)14-5-6/h4-5H,3H2,1-2H3,(H,13,14)(H,15,17,18). The first-order valence-electron chi connectivity index (χ1n) is 5.61. The van der Waals surface area contributed by atoms with Gasteiger partial charge in [0.2, 0.25) is 5.13 Å². The number of halogens is 1. The predicted molar refractivity (Wildman–Crippen MR) is 76.0 cm³/mol. The van der Waals surface area contributed by atoms with Gasteiger partial charge in [0.25, 0.3) is 5.91 Å². The SMILES string of the molecule is CCc1nnc(NC(=O)c2cnc(NC)c(Cl)c2)s1. The Hall–Kier alpha value is -1.73. The number of carbonyl (C=O) groups is 1. The van der Waals surface area contributed by atoms with Crippen LogP contribution in [0.15, 0.2) is 12.3 Å². The number of aromatic nitrogens is 3.